The number of carbonyl (C=O) groups is 1. The molecule has 2 bridgehead atoms. The van der Waals surface area contributed by atoms with Gasteiger partial charge in [0.05, 0.1) is 10.9 Å². The van der Waals surface area contributed by atoms with Crippen molar-refractivity contribution in [1.82, 2.24) is 4.90 Å². The molecule has 3 N–H and O–H groups in total. The molecule has 0 aliphatic heterocycles. The van der Waals surface area contributed by atoms with E-state index in [0.29, 0.717) is 34.9 Å². The molecule has 2 fully saturated rings. The van der Waals surface area contributed by atoms with Crippen molar-refractivity contribution in [2.75, 3.05) is 32.6 Å². The zero-order chi connectivity index (χ0) is 17.3. The Kier molecular flexibility index (Phi) is 5.33. The Labute approximate surface area is 148 Å². The van der Waals surface area contributed by atoms with Gasteiger partial charge in [0.1, 0.15) is 12.4 Å². The minimum Gasteiger partial charge on any atom is -0.491 e. The minimum absolute atomic E-state index is 0.00661. The third kappa shape index (κ3) is 3.68. The van der Waals surface area contributed by atoms with Gasteiger partial charge in [-0.1, -0.05) is 11.6 Å². The van der Waals surface area contributed by atoms with Gasteiger partial charge in [0.2, 0.25) is 5.91 Å². The fraction of sp³-hybridized carbons (Fsp3) is 0.611. The Morgan fingerprint density at radius 3 is 2.75 bits per heavy atom. The average molecular weight is 352 g/mol. The van der Waals surface area contributed by atoms with Crippen LogP contribution >= 0.6 is 11.6 Å². The molecule has 1 aromatic rings. The SMILES string of the molecule is CN(C)CCOc1ccc(NC(=O)C2C3CCC(C3)C2N)cc1Cl. The molecule has 1 amide bonds. The molecule has 4 atom stereocenters. The van der Waals surface area contributed by atoms with E-state index in [1.807, 2.05) is 25.1 Å². The number of nitrogens with one attached hydrogen (secondary N) is 1. The summed E-state index contributed by atoms with van der Waals surface area (Å²) >= 11 is 6.26. The first kappa shape index (κ1) is 17.5. The van der Waals surface area contributed by atoms with Crippen LogP contribution in [-0.2, 0) is 4.79 Å². The summed E-state index contributed by atoms with van der Waals surface area (Å²) in [5.41, 5.74) is 6.94. The van der Waals surface area contributed by atoms with E-state index in [1.165, 1.54) is 6.42 Å². The molecular weight excluding hydrogens is 326 g/mol. The van der Waals surface area contributed by atoms with Crippen molar-refractivity contribution in [3.05, 3.63) is 23.2 Å². The van der Waals surface area contributed by atoms with Gasteiger partial charge in [-0.2, -0.15) is 0 Å². The number of fused-ring (bicyclic) bond motifs is 2. The fourth-order valence-electron chi connectivity index (χ4n) is 3.98. The number of nitrogens with zero attached hydrogens (tertiary/aromatic N) is 1. The summed E-state index contributed by atoms with van der Waals surface area (Å²) in [5, 5.41) is 3.48. The molecule has 2 aliphatic rings. The van der Waals surface area contributed by atoms with Crippen molar-refractivity contribution in [1.29, 1.82) is 0 Å². The Hall–Kier alpha value is -1.30. The van der Waals surface area contributed by atoms with Crippen molar-refractivity contribution in [3.63, 3.8) is 0 Å². The minimum atomic E-state index is -0.0708. The number of nitrogens with two attached hydrogens (primary N) is 1. The van der Waals surface area contributed by atoms with Gasteiger partial charge in [0.15, 0.2) is 0 Å². The molecule has 0 aromatic heterocycles. The lowest BCUT2D eigenvalue weighted by atomic mass is 9.84. The van der Waals surface area contributed by atoms with Crippen molar-refractivity contribution in [2.45, 2.75) is 25.3 Å². The molecule has 0 heterocycles. The Morgan fingerprint density at radius 2 is 2.12 bits per heavy atom. The first-order valence-electron chi connectivity index (χ1n) is 8.59. The van der Waals surface area contributed by atoms with Crippen LogP contribution in [0.1, 0.15) is 19.3 Å². The molecule has 4 unspecified atom stereocenters. The molecule has 2 aliphatic carbocycles. The highest BCUT2D eigenvalue weighted by Gasteiger charge is 2.49. The number of carbonyl (C=O) groups excluding carboxylic acids is 1. The van der Waals surface area contributed by atoms with Crippen LogP contribution in [0.25, 0.3) is 0 Å². The molecule has 0 radical (unpaired) electrons. The lowest BCUT2D eigenvalue weighted by molar-refractivity contribution is -0.121. The number of hydrogen-bond donors (Lipinski definition) is 2. The third-order valence-corrected chi connectivity index (χ3v) is 5.57. The Morgan fingerprint density at radius 1 is 1.38 bits per heavy atom. The van der Waals surface area contributed by atoms with E-state index in [2.05, 4.69) is 5.32 Å². The van der Waals surface area contributed by atoms with E-state index >= 15 is 0 Å². The first-order valence-corrected chi connectivity index (χ1v) is 8.97. The summed E-state index contributed by atoms with van der Waals surface area (Å²) in [5.74, 6) is 1.54. The van der Waals surface area contributed by atoms with Crippen LogP contribution in [0.5, 0.6) is 5.75 Å². The van der Waals surface area contributed by atoms with Crippen LogP contribution in [0, 0.1) is 17.8 Å². The normalized spacial score (nSPS) is 28.4. The van der Waals surface area contributed by atoms with Gasteiger partial charge in [-0.05, 0) is 63.4 Å². The lowest BCUT2D eigenvalue weighted by Gasteiger charge is -2.27. The second-order valence-corrected chi connectivity index (χ2v) is 7.63. The van der Waals surface area contributed by atoms with Crippen LogP contribution in [0.3, 0.4) is 0 Å². The predicted octanol–water partition coefficient (Wildman–Crippen LogP) is 2.59. The number of rotatable bonds is 6. The van der Waals surface area contributed by atoms with Crippen LogP contribution < -0.4 is 15.8 Å². The highest BCUT2D eigenvalue weighted by atomic mass is 35.5. The van der Waals surface area contributed by atoms with Crippen molar-refractivity contribution in [2.24, 2.45) is 23.5 Å². The molecule has 24 heavy (non-hydrogen) atoms. The van der Waals surface area contributed by atoms with Gasteiger partial charge in [-0.25, -0.2) is 0 Å². The maximum Gasteiger partial charge on any atom is 0.229 e. The van der Waals surface area contributed by atoms with E-state index in [1.54, 1.807) is 12.1 Å². The van der Waals surface area contributed by atoms with E-state index in [0.717, 1.165) is 19.4 Å². The van der Waals surface area contributed by atoms with Gasteiger partial charge < -0.3 is 20.7 Å². The number of halogens is 1. The standard InChI is InChI=1S/C18H26ClN3O2/c1-22(2)7-8-24-15-6-5-13(10-14(15)19)21-18(23)16-11-3-4-12(9-11)17(16)20/h5-6,10-12,16-17H,3-4,7-9,20H2,1-2H3,(H,21,23). The summed E-state index contributed by atoms with van der Waals surface area (Å²) in [4.78, 5) is 14.6. The number of hydrogen-bond acceptors (Lipinski definition) is 4. The van der Waals surface area contributed by atoms with Crippen molar-refractivity contribution in [3.8, 4) is 5.75 Å². The number of amides is 1. The lowest BCUT2D eigenvalue weighted by Crippen LogP contribution is -2.42. The Bertz CT molecular complexity index is 606. The van der Waals surface area contributed by atoms with Crippen LogP contribution in [-0.4, -0.2) is 44.1 Å². The molecule has 0 spiro atoms. The number of anilines is 1. The fourth-order valence-corrected chi connectivity index (χ4v) is 4.22. The quantitative estimate of drug-likeness (QED) is 0.826. The predicted molar refractivity (Wildman–Crippen MR) is 96.4 cm³/mol. The summed E-state index contributed by atoms with van der Waals surface area (Å²) in [7, 11) is 3.98. The highest BCUT2D eigenvalue weighted by molar-refractivity contribution is 6.32. The van der Waals surface area contributed by atoms with E-state index in [-0.39, 0.29) is 17.9 Å². The van der Waals surface area contributed by atoms with Gasteiger partial charge in [0, 0.05) is 18.3 Å². The first-order chi connectivity index (χ1) is 11.5. The molecule has 6 heteroatoms. The molecule has 0 saturated heterocycles. The van der Waals surface area contributed by atoms with E-state index in [4.69, 9.17) is 22.1 Å². The summed E-state index contributed by atoms with van der Waals surface area (Å²) in [6.45, 7) is 1.38. The van der Waals surface area contributed by atoms with Crippen LogP contribution in [0.2, 0.25) is 5.02 Å². The van der Waals surface area contributed by atoms with E-state index in [9.17, 15) is 4.79 Å². The molecule has 132 valence electrons. The number of ether oxygens (including phenoxy) is 1. The zero-order valence-corrected chi connectivity index (χ0v) is 15.1. The number of benzene rings is 1. The molecule has 5 nitrogen and oxygen atoms in total. The molecule has 2 saturated carbocycles. The maximum absolute atomic E-state index is 12.6. The molecule has 3 rings (SSSR count). The average Bonchev–Trinajstić information content (AvgIpc) is 3.10. The Balaban J connectivity index is 1.59. The monoisotopic (exact) mass is 351 g/mol. The van der Waals surface area contributed by atoms with Crippen LogP contribution in [0.4, 0.5) is 5.69 Å². The van der Waals surface area contributed by atoms with E-state index < -0.39 is 0 Å². The van der Waals surface area contributed by atoms with Gasteiger partial charge >= 0.3 is 0 Å². The van der Waals surface area contributed by atoms with Gasteiger partial charge in [-0.3, -0.25) is 4.79 Å². The van der Waals surface area contributed by atoms with Crippen LogP contribution in [0.15, 0.2) is 18.2 Å². The summed E-state index contributed by atoms with van der Waals surface area (Å²) < 4.78 is 5.66. The topological polar surface area (TPSA) is 67.6 Å². The largest absolute Gasteiger partial charge is 0.491 e. The second-order valence-electron chi connectivity index (χ2n) is 7.22. The zero-order valence-electron chi connectivity index (χ0n) is 14.3. The number of likely N-dealkylation sites (N-methyl/N-ethyl adjacent to an activating group) is 1. The highest BCUT2D eigenvalue weighted by Crippen LogP contribution is 2.48. The smallest absolute Gasteiger partial charge is 0.229 e. The maximum atomic E-state index is 12.6. The second kappa shape index (κ2) is 7.30. The van der Waals surface area contributed by atoms with Gasteiger partial charge in [-0.15, -0.1) is 0 Å². The third-order valence-electron chi connectivity index (χ3n) is 5.28. The van der Waals surface area contributed by atoms with Crippen molar-refractivity contribution >= 4 is 23.2 Å². The summed E-state index contributed by atoms with van der Waals surface area (Å²) in [6.07, 6.45) is 3.38. The molecular formula is C18H26ClN3O2. The summed E-state index contributed by atoms with van der Waals surface area (Å²) in [6, 6.07) is 5.36. The van der Waals surface area contributed by atoms with Gasteiger partial charge in [0.25, 0.3) is 0 Å². The van der Waals surface area contributed by atoms with Crippen molar-refractivity contribution < 1.29 is 9.53 Å². The molecule has 1 aromatic carbocycles.